The normalized spacial score (nSPS) is 18.0. The van der Waals surface area contributed by atoms with Crippen LogP contribution >= 0.6 is 11.3 Å². The van der Waals surface area contributed by atoms with Crippen molar-refractivity contribution in [3.63, 3.8) is 0 Å². The first-order valence-electron chi connectivity index (χ1n) is 6.57. The minimum Gasteiger partial charge on any atom is -0.480 e. The number of carbonyl (C=O) groups is 2. The summed E-state index contributed by atoms with van der Waals surface area (Å²) in [5.41, 5.74) is 0.00406. The van der Waals surface area contributed by atoms with Gasteiger partial charge in [-0.15, -0.1) is 11.3 Å². The number of nitrogens with one attached hydrogen (secondary N) is 1. The van der Waals surface area contributed by atoms with Gasteiger partial charge in [-0.05, 0) is 38.3 Å². The average Bonchev–Trinajstić information content (AvgIpc) is 2.71. The summed E-state index contributed by atoms with van der Waals surface area (Å²) in [6.45, 7) is 3.92. The van der Waals surface area contributed by atoms with Gasteiger partial charge in [0.15, 0.2) is 0 Å². The predicted octanol–water partition coefficient (Wildman–Crippen LogP) is 2.88. The lowest BCUT2D eigenvalue weighted by Crippen LogP contribution is -2.55. The maximum atomic E-state index is 12.2. The Kier molecular flexibility index (Phi) is 3.94. The number of aliphatic carboxylic acids is 1. The minimum absolute atomic E-state index is 0.259. The van der Waals surface area contributed by atoms with Gasteiger partial charge in [-0.25, -0.2) is 4.79 Å². The molecule has 0 radical (unpaired) electrons. The standard InChI is InChI=1S/C14H19NO3S/c1-9-8-11(19-10(9)2)12(16)15-14(13(17)18)6-4-3-5-7-14/h8H,3-7H2,1-2H3,(H,15,16)(H,17,18). The van der Waals surface area contributed by atoms with Crippen LogP contribution < -0.4 is 5.32 Å². The van der Waals surface area contributed by atoms with E-state index in [-0.39, 0.29) is 5.91 Å². The summed E-state index contributed by atoms with van der Waals surface area (Å²) in [7, 11) is 0. The molecule has 0 aliphatic heterocycles. The largest absolute Gasteiger partial charge is 0.480 e. The van der Waals surface area contributed by atoms with Crippen LogP contribution in [0.5, 0.6) is 0 Å². The van der Waals surface area contributed by atoms with E-state index in [1.165, 1.54) is 11.3 Å². The summed E-state index contributed by atoms with van der Waals surface area (Å²) >= 11 is 1.42. The predicted molar refractivity (Wildman–Crippen MR) is 74.7 cm³/mol. The number of hydrogen-bond donors (Lipinski definition) is 2. The third-order valence-corrected chi connectivity index (χ3v) is 5.01. The third-order valence-electron chi connectivity index (χ3n) is 3.86. The molecule has 2 rings (SSSR count). The van der Waals surface area contributed by atoms with Gasteiger partial charge in [0.05, 0.1) is 4.88 Å². The Balaban J connectivity index is 2.17. The maximum Gasteiger partial charge on any atom is 0.329 e. The Morgan fingerprint density at radius 1 is 1.26 bits per heavy atom. The Hall–Kier alpha value is -1.36. The molecule has 4 nitrogen and oxygen atoms in total. The highest BCUT2D eigenvalue weighted by molar-refractivity contribution is 7.14. The molecular formula is C14H19NO3S. The first-order chi connectivity index (χ1) is 8.94. The molecule has 0 atom stereocenters. The number of carboxylic acid groups (broad SMARTS) is 1. The summed E-state index contributed by atoms with van der Waals surface area (Å²) in [5, 5.41) is 12.2. The number of hydrogen-bond acceptors (Lipinski definition) is 3. The monoisotopic (exact) mass is 281 g/mol. The molecule has 1 heterocycles. The van der Waals surface area contributed by atoms with Crippen LogP contribution in [0.3, 0.4) is 0 Å². The lowest BCUT2D eigenvalue weighted by molar-refractivity contribution is -0.145. The number of carbonyl (C=O) groups excluding carboxylic acids is 1. The second-order valence-corrected chi connectivity index (χ2v) is 6.51. The molecule has 19 heavy (non-hydrogen) atoms. The van der Waals surface area contributed by atoms with Gasteiger partial charge >= 0.3 is 5.97 Å². The summed E-state index contributed by atoms with van der Waals surface area (Å²) in [5.74, 6) is -1.17. The van der Waals surface area contributed by atoms with Crippen LogP contribution in [0, 0.1) is 13.8 Å². The molecular weight excluding hydrogens is 262 g/mol. The van der Waals surface area contributed by atoms with E-state index in [1.54, 1.807) is 0 Å². The van der Waals surface area contributed by atoms with Crippen molar-refractivity contribution in [1.29, 1.82) is 0 Å². The van der Waals surface area contributed by atoms with E-state index >= 15 is 0 Å². The van der Waals surface area contributed by atoms with Crippen LogP contribution in [-0.4, -0.2) is 22.5 Å². The van der Waals surface area contributed by atoms with Crippen LogP contribution in [0.2, 0.25) is 0 Å². The summed E-state index contributed by atoms with van der Waals surface area (Å²) in [6, 6.07) is 1.83. The van der Waals surface area contributed by atoms with Gasteiger partial charge in [0.1, 0.15) is 5.54 Å². The molecule has 0 unspecified atom stereocenters. The quantitative estimate of drug-likeness (QED) is 0.895. The van der Waals surface area contributed by atoms with Gasteiger partial charge in [-0.2, -0.15) is 0 Å². The van der Waals surface area contributed by atoms with Gasteiger partial charge in [0.2, 0.25) is 0 Å². The van der Waals surface area contributed by atoms with Crippen LogP contribution in [0.25, 0.3) is 0 Å². The molecule has 0 spiro atoms. The first-order valence-corrected chi connectivity index (χ1v) is 7.39. The van der Waals surface area contributed by atoms with Gasteiger partial charge in [-0.3, -0.25) is 4.79 Å². The number of aryl methyl sites for hydroxylation is 2. The number of amides is 1. The van der Waals surface area contributed by atoms with E-state index in [2.05, 4.69) is 5.32 Å². The minimum atomic E-state index is -1.07. The zero-order valence-corrected chi connectivity index (χ0v) is 12.1. The van der Waals surface area contributed by atoms with Crippen molar-refractivity contribution in [2.75, 3.05) is 0 Å². The lowest BCUT2D eigenvalue weighted by atomic mass is 9.81. The molecule has 1 amide bonds. The fraction of sp³-hybridized carbons (Fsp3) is 0.571. The summed E-state index contributed by atoms with van der Waals surface area (Å²) in [6.07, 6.45) is 3.81. The van der Waals surface area contributed by atoms with Crippen molar-refractivity contribution >= 4 is 23.2 Å². The van der Waals surface area contributed by atoms with Gasteiger partial charge in [-0.1, -0.05) is 19.3 Å². The summed E-state index contributed by atoms with van der Waals surface area (Å²) < 4.78 is 0. The molecule has 0 bridgehead atoms. The van der Waals surface area contributed by atoms with Crippen LogP contribution in [0.1, 0.15) is 52.2 Å². The highest BCUT2D eigenvalue weighted by atomic mass is 32.1. The molecule has 1 aromatic heterocycles. The zero-order chi connectivity index (χ0) is 14.0. The Morgan fingerprint density at radius 3 is 2.37 bits per heavy atom. The molecule has 1 aromatic rings. The van der Waals surface area contributed by atoms with Crippen molar-refractivity contribution in [3.05, 3.63) is 21.4 Å². The van der Waals surface area contributed by atoms with Crippen LogP contribution in [-0.2, 0) is 4.79 Å². The third kappa shape index (κ3) is 2.81. The Bertz CT molecular complexity index is 481. The molecule has 104 valence electrons. The summed E-state index contributed by atoms with van der Waals surface area (Å²) in [4.78, 5) is 25.4. The van der Waals surface area contributed by atoms with E-state index in [4.69, 9.17) is 0 Å². The van der Waals surface area contributed by atoms with Gasteiger partial charge in [0, 0.05) is 4.88 Å². The van der Waals surface area contributed by atoms with Crippen molar-refractivity contribution < 1.29 is 14.7 Å². The van der Waals surface area contributed by atoms with E-state index in [0.29, 0.717) is 17.7 Å². The van der Waals surface area contributed by atoms with Crippen LogP contribution in [0.4, 0.5) is 0 Å². The Labute approximate surface area is 116 Å². The van der Waals surface area contributed by atoms with E-state index < -0.39 is 11.5 Å². The van der Waals surface area contributed by atoms with E-state index in [1.807, 2.05) is 19.9 Å². The number of thiophene rings is 1. The maximum absolute atomic E-state index is 12.2. The van der Waals surface area contributed by atoms with Gasteiger partial charge in [0.25, 0.3) is 5.91 Å². The topological polar surface area (TPSA) is 66.4 Å². The molecule has 0 saturated heterocycles. The lowest BCUT2D eigenvalue weighted by Gasteiger charge is -2.33. The second-order valence-electron chi connectivity index (χ2n) is 5.25. The van der Waals surface area contributed by atoms with Crippen molar-refractivity contribution in [3.8, 4) is 0 Å². The molecule has 1 aliphatic carbocycles. The van der Waals surface area contributed by atoms with Crippen LogP contribution in [0.15, 0.2) is 6.07 Å². The average molecular weight is 281 g/mol. The molecule has 1 fully saturated rings. The fourth-order valence-electron chi connectivity index (χ4n) is 2.51. The van der Waals surface area contributed by atoms with Crippen molar-refractivity contribution in [2.45, 2.75) is 51.5 Å². The number of carboxylic acids is 1. The SMILES string of the molecule is Cc1cc(C(=O)NC2(C(=O)O)CCCCC2)sc1C. The number of rotatable bonds is 3. The molecule has 1 aliphatic rings. The van der Waals surface area contributed by atoms with Crippen molar-refractivity contribution in [2.24, 2.45) is 0 Å². The smallest absolute Gasteiger partial charge is 0.329 e. The molecule has 1 saturated carbocycles. The second kappa shape index (κ2) is 5.33. The van der Waals surface area contributed by atoms with E-state index in [9.17, 15) is 14.7 Å². The van der Waals surface area contributed by atoms with E-state index in [0.717, 1.165) is 29.7 Å². The zero-order valence-electron chi connectivity index (χ0n) is 11.3. The Morgan fingerprint density at radius 2 is 1.89 bits per heavy atom. The first kappa shape index (κ1) is 14.1. The molecule has 2 N–H and O–H groups in total. The highest BCUT2D eigenvalue weighted by Gasteiger charge is 2.41. The fourth-order valence-corrected chi connectivity index (χ4v) is 3.44. The molecule has 5 heteroatoms. The highest BCUT2D eigenvalue weighted by Crippen LogP contribution is 2.29. The molecule has 0 aromatic carbocycles. The van der Waals surface area contributed by atoms with Crippen molar-refractivity contribution in [1.82, 2.24) is 5.32 Å². The van der Waals surface area contributed by atoms with Gasteiger partial charge < -0.3 is 10.4 Å².